The Bertz CT molecular complexity index is 1290. The number of hydrogen-bond acceptors (Lipinski definition) is 5. The van der Waals surface area contributed by atoms with Gasteiger partial charge in [-0.15, -0.1) is 0 Å². The summed E-state index contributed by atoms with van der Waals surface area (Å²) in [7, 11) is 0. The predicted molar refractivity (Wildman–Crippen MR) is 141 cm³/mol. The quantitative estimate of drug-likeness (QED) is 0.192. The molecule has 0 saturated heterocycles. The highest BCUT2D eigenvalue weighted by molar-refractivity contribution is 7.19. The van der Waals surface area contributed by atoms with Gasteiger partial charge in [0.25, 0.3) is 0 Å². The zero-order chi connectivity index (χ0) is 23.0. The summed E-state index contributed by atoms with van der Waals surface area (Å²) in [5.41, 5.74) is 8.40. The molecule has 34 heavy (non-hydrogen) atoms. The van der Waals surface area contributed by atoms with Gasteiger partial charge in [0, 0.05) is 5.56 Å². The summed E-state index contributed by atoms with van der Waals surface area (Å²) < 4.78 is 5.85. The van der Waals surface area contributed by atoms with E-state index in [2.05, 4.69) is 46.9 Å². The Kier molecular flexibility index (Phi) is 6.74. The van der Waals surface area contributed by atoms with Gasteiger partial charge < -0.3 is 4.74 Å². The second-order valence-corrected chi connectivity index (χ2v) is 8.64. The highest BCUT2D eigenvalue weighted by Crippen LogP contribution is 2.38. The molecule has 0 aliphatic rings. The van der Waals surface area contributed by atoms with Gasteiger partial charge in [0.15, 0.2) is 0 Å². The molecule has 5 rings (SSSR count). The third kappa shape index (κ3) is 5.39. The van der Waals surface area contributed by atoms with Gasteiger partial charge in [-0.3, -0.25) is 5.43 Å². The smallest absolute Gasteiger partial charge is 0.204 e. The zero-order valence-corrected chi connectivity index (χ0v) is 19.3. The lowest BCUT2D eigenvalue weighted by atomic mass is 10.1. The Balaban J connectivity index is 1.27. The molecule has 1 aromatic heterocycles. The number of hydrazone groups is 1. The van der Waals surface area contributed by atoms with Gasteiger partial charge in [0.1, 0.15) is 12.4 Å². The van der Waals surface area contributed by atoms with E-state index >= 15 is 0 Å². The topological polar surface area (TPSA) is 46.5 Å². The van der Waals surface area contributed by atoms with E-state index in [1.165, 1.54) is 0 Å². The number of hydrogen-bond donors (Lipinski definition) is 1. The van der Waals surface area contributed by atoms with Crippen LogP contribution in [0.2, 0.25) is 0 Å². The molecule has 0 bridgehead atoms. The molecule has 0 aliphatic carbocycles. The van der Waals surface area contributed by atoms with Gasteiger partial charge in [-0.2, -0.15) is 5.10 Å². The maximum Gasteiger partial charge on any atom is 0.204 e. The van der Waals surface area contributed by atoms with E-state index in [4.69, 9.17) is 9.72 Å². The van der Waals surface area contributed by atoms with Crippen molar-refractivity contribution in [3.05, 3.63) is 126 Å². The van der Waals surface area contributed by atoms with Crippen LogP contribution >= 0.6 is 11.3 Å². The van der Waals surface area contributed by atoms with E-state index in [1.54, 1.807) is 17.6 Å². The Labute approximate surface area is 203 Å². The van der Waals surface area contributed by atoms with Crippen LogP contribution in [0.5, 0.6) is 5.75 Å². The third-order valence-electron chi connectivity index (χ3n) is 5.21. The van der Waals surface area contributed by atoms with Crippen molar-refractivity contribution >= 4 is 22.7 Å². The second-order valence-electron chi connectivity index (χ2n) is 7.64. The van der Waals surface area contributed by atoms with Crippen LogP contribution < -0.4 is 10.2 Å². The van der Waals surface area contributed by atoms with Gasteiger partial charge in [-0.25, -0.2) is 4.98 Å². The second kappa shape index (κ2) is 10.6. The molecule has 0 radical (unpaired) electrons. The lowest BCUT2D eigenvalue weighted by Gasteiger charge is -2.06. The van der Waals surface area contributed by atoms with Crippen molar-refractivity contribution in [1.29, 1.82) is 0 Å². The molecule has 0 aliphatic heterocycles. The highest BCUT2D eigenvalue weighted by atomic mass is 32.1. The normalized spacial score (nSPS) is 10.9. The number of thiazole rings is 1. The zero-order valence-electron chi connectivity index (χ0n) is 18.5. The van der Waals surface area contributed by atoms with Crippen LogP contribution in [0.1, 0.15) is 11.1 Å². The van der Waals surface area contributed by atoms with E-state index in [-0.39, 0.29) is 0 Å². The molecular formula is C29H23N3OS. The molecule has 4 nitrogen and oxygen atoms in total. The molecule has 5 aromatic rings. The minimum atomic E-state index is 0.549. The van der Waals surface area contributed by atoms with Crippen LogP contribution in [0, 0.1) is 0 Å². The lowest BCUT2D eigenvalue weighted by molar-refractivity contribution is 0.306. The fourth-order valence-corrected chi connectivity index (χ4v) is 4.44. The summed E-state index contributed by atoms with van der Waals surface area (Å²) in [5.74, 6) is 0.828. The molecule has 4 aromatic carbocycles. The van der Waals surface area contributed by atoms with Crippen LogP contribution in [-0.4, -0.2) is 11.2 Å². The van der Waals surface area contributed by atoms with E-state index in [0.717, 1.165) is 43.7 Å². The molecule has 0 spiro atoms. The lowest BCUT2D eigenvalue weighted by Crippen LogP contribution is -1.95. The van der Waals surface area contributed by atoms with Gasteiger partial charge in [-0.05, 0) is 41.0 Å². The van der Waals surface area contributed by atoms with Crippen molar-refractivity contribution in [3.8, 4) is 27.4 Å². The molecular weight excluding hydrogens is 438 g/mol. The summed E-state index contributed by atoms with van der Waals surface area (Å²) in [6, 6.07) is 38.6. The summed E-state index contributed by atoms with van der Waals surface area (Å²) in [6.45, 7) is 0.549. The summed E-state index contributed by atoms with van der Waals surface area (Å²) >= 11 is 1.59. The van der Waals surface area contributed by atoms with Crippen LogP contribution in [0.15, 0.2) is 120 Å². The number of anilines is 1. The number of nitrogens with zero attached hydrogens (tertiary/aromatic N) is 2. The van der Waals surface area contributed by atoms with Crippen molar-refractivity contribution < 1.29 is 4.74 Å². The Morgan fingerprint density at radius 2 is 1.35 bits per heavy atom. The van der Waals surface area contributed by atoms with Gasteiger partial charge >= 0.3 is 0 Å². The summed E-state index contributed by atoms with van der Waals surface area (Å²) in [6.07, 6.45) is 1.78. The first-order valence-electron chi connectivity index (χ1n) is 11.0. The Hall–Kier alpha value is -4.22. The SMILES string of the molecule is C(=N/Nc1nc(-c2ccccc2)c(-c2ccccc2)s1)/c1ccc(OCc2ccccc2)cc1. The van der Waals surface area contributed by atoms with Crippen molar-refractivity contribution in [3.63, 3.8) is 0 Å². The van der Waals surface area contributed by atoms with Crippen molar-refractivity contribution in [1.82, 2.24) is 4.98 Å². The number of nitrogens with one attached hydrogen (secondary N) is 1. The third-order valence-corrected chi connectivity index (χ3v) is 6.22. The van der Waals surface area contributed by atoms with Crippen molar-refractivity contribution in [2.75, 3.05) is 5.43 Å². The Morgan fingerprint density at radius 1 is 0.735 bits per heavy atom. The molecule has 0 fully saturated rings. The van der Waals surface area contributed by atoms with E-state index in [9.17, 15) is 0 Å². The molecule has 1 N–H and O–H groups in total. The van der Waals surface area contributed by atoms with Crippen LogP contribution in [-0.2, 0) is 6.61 Å². The largest absolute Gasteiger partial charge is 0.489 e. The number of rotatable bonds is 8. The van der Waals surface area contributed by atoms with Gasteiger partial charge in [0.2, 0.25) is 5.13 Å². The minimum Gasteiger partial charge on any atom is -0.489 e. The maximum absolute atomic E-state index is 5.85. The summed E-state index contributed by atoms with van der Waals surface area (Å²) in [4.78, 5) is 5.94. The molecule has 0 atom stereocenters. The molecule has 0 saturated carbocycles. The first-order chi connectivity index (χ1) is 16.8. The number of aromatic nitrogens is 1. The molecule has 1 heterocycles. The Morgan fingerprint density at radius 3 is 2.03 bits per heavy atom. The van der Waals surface area contributed by atoms with E-state index in [0.29, 0.717) is 6.61 Å². The molecule has 0 amide bonds. The minimum absolute atomic E-state index is 0.549. The maximum atomic E-state index is 5.85. The van der Waals surface area contributed by atoms with Gasteiger partial charge in [0.05, 0.1) is 16.8 Å². The highest BCUT2D eigenvalue weighted by Gasteiger charge is 2.14. The monoisotopic (exact) mass is 461 g/mol. The van der Waals surface area contributed by atoms with Crippen molar-refractivity contribution in [2.24, 2.45) is 5.10 Å². The molecule has 5 heteroatoms. The first kappa shape index (κ1) is 21.6. The predicted octanol–water partition coefficient (Wildman–Crippen LogP) is 7.50. The van der Waals surface area contributed by atoms with Crippen molar-refractivity contribution in [2.45, 2.75) is 6.61 Å². The van der Waals surface area contributed by atoms with Crippen LogP contribution in [0.4, 0.5) is 5.13 Å². The molecule has 166 valence electrons. The van der Waals surface area contributed by atoms with Gasteiger partial charge in [-0.1, -0.05) is 102 Å². The standard InChI is InChI=1S/C29H23N3OS/c1-4-10-23(11-5-1)21-33-26-18-16-22(17-19-26)20-30-32-29-31-27(24-12-6-2-7-13-24)28(34-29)25-14-8-3-9-15-25/h1-20H,21H2,(H,31,32)/b30-20-. The average Bonchev–Trinajstić information content (AvgIpc) is 3.34. The van der Waals surface area contributed by atoms with Crippen LogP contribution in [0.3, 0.4) is 0 Å². The van der Waals surface area contributed by atoms with Crippen LogP contribution in [0.25, 0.3) is 21.7 Å². The van der Waals surface area contributed by atoms with E-state index < -0.39 is 0 Å². The number of benzene rings is 4. The summed E-state index contributed by atoms with van der Waals surface area (Å²) in [5, 5.41) is 5.16. The fourth-order valence-electron chi connectivity index (χ4n) is 3.50. The fraction of sp³-hybridized carbons (Fsp3) is 0.0345. The first-order valence-corrected chi connectivity index (χ1v) is 11.8. The van der Waals surface area contributed by atoms with E-state index in [1.807, 2.05) is 78.9 Å². The molecule has 0 unspecified atom stereocenters. The number of ether oxygens (including phenoxy) is 1. The average molecular weight is 462 g/mol.